The minimum absolute atomic E-state index is 0.0919. The fourth-order valence-corrected chi connectivity index (χ4v) is 1.74. The molecule has 0 aromatic heterocycles. The molecule has 0 aliphatic rings. The first kappa shape index (κ1) is 14.5. The molecule has 1 aromatic carbocycles. The fraction of sp³-hybridized carbons (Fsp3) is 0.500. The molecule has 0 saturated carbocycles. The number of halogens is 1. The van der Waals surface area contributed by atoms with Gasteiger partial charge in [-0.2, -0.15) is 0 Å². The van der Waals surface area contributed by atoms with Crippen LogP contribution in [0, 0.1) is 5.82 Å². The SMILES string of the molecule is CC[C@@H](Oc1ccccc1F)C(=O)N(CC)CC. The molecule has 0 aliphatic carbocycles. The summed E-state index contributed by atoms with van der Waals surface area (Å²) < 4.78 is 18.9. The lowest BCUT2D eigenvalue weighted by Gasteiger charge is -2.25. The van der Waals surface area contributed by atoms with Gasteiger partial charge in [0.25, 0.3) is 5.91 Å². The largest absolute Gasteiger partial charge is 0.478 e. The molecule has 0 aliphatic heterocycles. The van der Waals surface area contributed by atoms with Gasteiger partial charge in [-0.3, -0.25) is 4.79 Å². The van der Waals surface area contributed by atoms with Crippen LogP contribution >= 0.6 is 0 Å². The fourth-order valence-electron chi connectivity index (χ4n) is 1.74. The monoisotopic (exact) mass is 253 g/mol. The number of benzene rings is 1. The highest BCUT2D eigenvalue weighted by molar-refractivity contribution is 5.81. The average molecular weight is 253 g/mol. The van der Waals surface area contributed by atoms with E-state index in [4.69, 9.17) is 4.74 Å². The van der Waals surface area contributed by atoms with Crippen molar-refractivity contribution in [3.05, 3.63) is 30.1 Å². The van der Waals surface area contributed by atoms with Gasteiger partial charge >= 0.3 is 0 Å². The molecule has 100 valence electrons. The highest BCUT2D eigenvalue weighted by atomic mass is 19.1. The van der Waals surface area contributed by atoms with E-state index in [-0.39, 0.29) is 11.7 Å². The summed E-state index contributed by atoms with van der Waals surface area (Å²) >= 11 is 0. The first-order chi connectivity index (χ1) is 8.63. The van der Waals surface area contributed by atoms with Crippen LogP contribution in [0.3, 0.4) is 0 Å². The van der Waals surface area contributed by atoms with E-state index >= 15 is 0 Å². The Morgan fingerprint density at radius 2 is 1.89 bits per heavy atom. The molecule has 0 N–H and O–H groups in total. The molecule has 0 unspecified atom stereocenters. The molecule has 0 radical (unpaired) electrons. The smallest absolute Gasteiger partial charge is 0.263 e. The van der Waals surface area contributed by atoms with E-state index in [2.05, 4.69) is 0 Å². The van der Waals surface area contributed by atoms with Gasteiger partial charge in [-0.1, -0.05) is 19.1 Å². The highest BCUT2D eigenvalue weighted by Crippen LogP contribution is 2.18. The molecule has 1 rings (SSSR count). The summed E-state index contributed by atoms with van der Waals surface area (Å²) in [4.78, 5) is 13.8. The zero-order valence-electron chi connectivity index (χ0n) is 11.1. The van der Waals surface area contributed by atoms with E-state index in [1.807, 2.05) is 20.8 Å². The van der Waals surface area contributed by atoms with E-state index in [1.54, 1.807) is 17.0 Å². The lowest BCUT2D eigenvalue weighted by atomic mass is 10.2. The summed E-state index contributed by atoms with van der Waals surface area (Å²) in [6.07, 6.45) is -0.106. The van der Waals surface area contributed by atoms with Gasteiger partial charge in [0.05, 0.1) is 0 Å². The molecule has 3 nitrogen and oxygen atoms in total. The van der Waals surface area contributed by atoms with Gasteiger partial charge in [0, 0.05) is 13.1 Å². The van der Waals surface area contributed by atoms with Crippen LogP contribution in [0.1, 0.15) is 27.2 Å². The van der Waals surface area contributed by atoms with Crippen molar-refractivity contribution in [2.24, 2.45) is 0 Å². The van der Waals surface area contributed by atoms with Gasteiger partial charge in [0.15, 0.2) is 17.7 Å². The third-order valence-electron chi connectivity index (χ3n) is 2.83. The van der Waals surface area contributed by atoms with Crippen molar-refractivity contribution in [3.63, 3.8) is 0 Å². The predicted molar refractivity (Wildman–Crippen MR) is 69.0 cm³/mol. The predicted octanol–water partition coefficient (Wildman–Crippen LogP) is 2.85. The molecule has 18 heavy (non-hydrogen) atoms. The Bertz CT molecular complexity index is 391. The first-order valence-electron chi connectivity index (χ1n) is 6.33. The van der Waals surface area contributed by atoms with E-state index in [9.17, 15) is 9.18 Å². The number of ether oxygens (including phenoxy) is 1. The number of likely N-dealkylation sites (N-methyl/N-ethyl adjacent to an activating group) is 1. The van der Waals surface area contributed by atoms with E-state index in [1.165, 1.54) is 12.1 Å². The van der Waals surface area contributed by atoms with Crippen LogP contribution in [-0.2, 0) is 4.79 Å². The van der Waals surface area contributed by atoms with Gasteiger partial charge < -0.3 is 9.64 Å². The number of hydrogen-bond acceptors (Lipinski definition) is 2. The number of rotatable bonds is 6. The van der Waals surface area contributed by atoms with E-state index < -0.39 is 11.9 Å². The van der Waals surface area contributed by atoms with Crippen LogP contribution in [0.4, 0.5) is 4.39 Å². The zero-order chi connectivity index (χ0) is 13.5. The molecule has 1 amide bonds. The van der Waals surface area contributed by atoms with Crippen molar-refractivity contribution in [3.8, 4) is 5.75 Å². The van der Waals surface area contributed by atoms with Crippen LogP contribution in [0.5, 0.6) is 5.75 Å². The average Bonchev–Trinajstić information content (AvgIpc) is 2.39. The topological polar surface area (TPSA) is 29.5 Å². The second-order valence-electron chi connectivity index (χ2n) is 3.96. The third kappa shape index (κ3) is 3.45. The number of carbonyl (C=O) groups is 1. The number of hydrogen-bond donors (Lipinski definition) is 0. The Morgan fingerprint density at radius 3 is 2.39 bits per heavy atom. The van der Waals surface area contributed by atoms with Crippen LogP contribution < -0.4 is 4.74 Å². The van der Waals surface area contributed by atoms with Crippen molar-refractivity contribution < 1.29 is 13.9 Å². The van der Waals surface area contributed by atoms with E-state index in [0.717, 1.165) is 0 Å². The van der Waals surface area contributed by atoms with Crippen molar-refractivity contribution >= 4 is 5.91 Å². The Kier molecular flexibility index (Phi) is 5.62. The van der Waals surface area contributed by atoms with Crippen molar-refractivity contribution in [1.29, 1.82) is 0 Å². The lowest BCUT2D eigenvalue weighted by molar-refractivity contribution is -0.138. The number of carbonyl (C=O) groups excluding carboxylic acids is 1. The Hall–Kier alpha value is -1.58. The molecule has 0 spiro atoms. The second-order valence-corrected chi connectivity index (χ2v) is 3.96. The summed E-state index contributed by atoms with van der Waals surface area (Å²) in [5, 5.41) is 0. The third-order valence-corrected chi connectivity index (χ3v) is 2.83. The molecular formula is C14H20FNO2. The van der Waals surface area contributed by atoms with Gasteiger partial charge in [-0.05, 0) is 32.4 Å². The summed E-state index contributed by atoms with van der Waals surface area (Å²) in [5.41, 5.74) is 0. The second kappa shape index (κ2) is 6.99. The first-order valence-corrected chi connectivity index (χ1v) is 6.33. The molecule has 1 atom stereocenters. The highest BCUT2D eigenvalue weighted by Gasteiger charge is 2.23. The zero-order valence-corrected chi connectivity index (χ0v) is 11.1. The number of nitrogens with zero attached hydrogens (tertiary/aromatic N) is 1. The molecule has 0 fully saturated rings. The van der Waals surface area contributed by atoms with Gasteiger partial charge in [-0.15, -0.1) is 0 Å². The standard InChI is InChI=1S/C14H20FNO2/c1-4-12(14(17)16(5-2)6-3)18-13-10-8-7-9-11(13)15/h7-10,12H,4-6H2,1-3H3/t12-/m1/s1. The van der Waals surface area contributed by atoms with E-state index in [0.29, 0.717) is 19.5 Å². The minimum atomic E-state index is -0.623. The molecule has 0 heterocycles. The number of amides is 1. The maximum Gasteiger partial charge on any atom is 0.263 e. The summed E-state index contributed by atoms with van der Waals surface area (Å²) in [7, 11) is 0. The van der Waals surface area contributed by atoms with Gasteiger partial charge in [-0.25, -0.2) is 4.39 Å². The summed E-state index contributed by atoms with van der Waals surface area (Å²) in [6.45, 7) is 6.94. The Morgan fingerprint density at radius 1 is 1.28 bits per heavy atom. The maximum absolute atomic E-state index is 13.5. The minimum Gasteiger partial charge on any atom is -0.478 e. The van der Waals surface area contributed by atoms with Crippen LogP contribution in [-0.4, -0.2) is 30.0 Å². The summed E-state index contributed by atoms with van der Waals surface area (Å²) in [5.74, 6) is -0.404. The summed E-state index contributed by atoms with van der Waals surface area (Å²) in [6, 6.07) is 6.14. The Labute approximate surface area is 108 Å². The molecule has 1 aromatic rings. The lowest BCUT2D eigenvalue weighted by Crippen LogP contribution is -2.41. The molecular weight excluding hydrogens is 233 g/mol. The normalized spacial score (nSPS) is 12.0. The Balaban J connectivity index is 2.79. The van der Waals surface area contributed by atoms with Gasteiger partial charge in [0.1, 0.15) is 0 Å². The van der Waals surface area contributed by atoms with Crippen LogP contribution in [0.15, 0.2) is 24.3 Å². The van der Waals surface area contributed by atoms with Crippen LogP contribution in [0.2, 0.25) is 0 Å². The van der Waals surface area contributed by atoms with Crippen molar-refractivity contribution in [2.75, 3.05) is 13.1 Å². The maximum atomic E-state index is 13.5. The number of para-hydroxylation sites is 1. The van der Waals surface area contributed by atoms with Crippen molar-refractivity contribution in [2.45, 2.75) is 33.3 Å². The van der Waals surface area contributed by atoms with Gasteiger partial charge in [0.2, 0.25) is 0 Å². The van der Waals surface area contributed by atoms with Crippen molar-refractivity contribution in [1.82, 2.24) is 4.90 Å². The molecule has 4 heteroatoms. The quantitative estimate of drug-likeness (QED) is 0.780. The molecule has 0 saturated heterocycles. The molecule has 0 bridgehead atoms. The van der Waals surface area contributed by atoms with Crippen LogP contribution in [0.25, 0.3) is 0 Å².